The molecular weight excluding hydrogens is 192 g/mol. The van der Waals surface area contributed by atoms with Crippen molar-refractivity contribution in [3.8, 4) is 0 Å². The normalized spacial score (nSPS) is 9.40. The molecule has 0 bridgehead atoms. The second-order valence-corrected chi connectivity index (χ2v) is 2.85. The predicted molar refractivity (Wildman–Crippen MR) is 60.6 cm³/mol. The van der Waals surface area contributed by atoms with Crippen LogP contribution in [0.15, 0.2) is 31.0 Å². The van der Waals surface area contributed by atoms with E-state index in [1.54, 1.807) is 24.4 Å². The van der Waals surface area contributed by atoms with Crippen LogP contribution in [0.2, 0.25) is 0 Å². The lowest BCUT2D eigenvalue weighted by atomic mass is 10.4. The van der Waals surface area contributed by atoms with Gasteiger partial charge in [-0.1, -0.05) is 6.08 Å². The zero-order valence-corrected chi connectivity index (χ0v) is 8.36. The fraction of sp³-hybridized carbons (Fsp3) is 0.200. The number of rotatable bonds is 5. The molecule has 0 saturated heterocycles. The van der Waals surface area contributed by atoms with Gasteiger partial charge in [0, 0.05) is 6.54 Å². The summed E-state index contributed by atoms with van der Waals surface area (Å²) in [6.45, 7) is 4.21. The lowest BCUT2D eigenvalue weighted by molar-refractivity contribution is -0.114. The Morgan fingerprint density at radius 1 is 1.60 bits per heavy atom. The van der Waals surface area contributed by atoms with Crippen molar-refractivity contribution in [2.75, 3.05) is 23.7 Å². The quantitative estimate of drug-likeness (QED) is 0.615. The number of nitrogens with two attached hydrogens (primary N) is 1. The summed E-state index contributed by atoms with van der Waals surface area (Å²) < 4.78 is 0. The van der Waals surface area contributed by atoms with E-state index in [1.807, 2.05) is 0 Å². The highest BCUT2D eigenvalue weighted by Gasteiger charge is 1.99. The monoisotopic (exact) mass is 206 g/mol. The van der Waals surface area contributed by atoms with Crippen LogP contribution in [0.3, 0.4) is 0 Å². The molecule has 1 heterocycles. The molecule has 1 rings (SSSR count). The fourth-order valence-corrected chi connectivity index (χ4v) is 0.961. The molecule has 0 fully saturated rings. The second kappa shape index (κ2) is 5.77. The summed E-state index contributed by atoms with van der Waals surface area (Å²) in [5.74, 6) is 0.504. The van der Waals surface area contributed by atoms with Crippen molar-refractivity contribution in [3.05, 3.63) is 31.0 Å². The first-order valence-electron chi connectivity index (χ1n) is 4.57. The number of pyridine rings is 1. The van der Waals surface area contributed by atoms with Crippen LogP contribution in [0.4, 0.5) is 11.5 Å². The van der Waals surface area contributed by atoms with Gasteiger partial charge in [-0.2, -0.15) is 0 Å². The summed E-state index contributed by atoms with van der Waals surface area (Å²) >= 11 is 0. The number of aromatic nitrogens is 1. The van der Waals surface area contributed by atoms with Crippen molar-refractivity contribution in [1.29, 1.82) is 0 Å². The smallest absolute Gasteiger partial charge is 0.238 e. The summed E-state index contributed by atoms with van der Waals surface area (Å²) in [6.07, 6.45) is 3.31. The maximum atomic E-state index is 10.9. The van der Waals surface area contributed by atoms with E-state index in [-0.39, 0.29) is 12.5 Å². The Morgan fingerprint density at radius 2 is 2.40 bits per heavy atom. The maximum absolute atomic E-state index is 10.9. The van der Waals surface area contributed by atoms with Gasteiger partial charge in [0.2, 0.25) is 5.91 Å². The van der Waals surface area contributed by atoms with E-state index in [0.717, 1.165) is 5.82 Å². The van der Waals surface area contributed by atoms with E-state index >= 15 is 0 Å². The van der Waals surface area contributed by atoms with E-state index in [2.05, 4.69) is 22.2 Å². The van der Waals surface area contributed by atoms with E-state index in [4.69, 9.17) is 5.73 Å². The molecule has 1 aromatic heterocycles. The van der Waals surface area contributed by atoms with Crippen molar-refractivity contribution in [1.82, 2.24) is 4.98 Å². The Balaban J connectivity index is 2.55. The third-order valence-electron chi connectivity index (χ3n) is 1.66. The molecule has 80 valence electrons. The summed E-state index contributed by atoms with van der Waals surface area (Å²) in [6, 6.07) is 3.53. The Hall–Kier alpha value is -1.88. The van der Waals surface area contributed by atoms with Gasteiger partial charge in [0.15, 0.2) is 0 Å². The summed E-state index contributed by atoms with van der Waals surface area (Å²) in [4.78, 5) is 15.0. The van der Waals surface area contributed by atoms with Gasteiger partial charge in [0.1, 0.15) is 5.82 Å². The number of hydrogen-bond donors (Lipinski definition) is 3. The molecule has 0 aliphatic carbocycles. The zero-order chi connectivity index (χ0) is 11.1. The Bertz CT molecular complexity index is 334. The minimum absolute atomic E-state index is 0.0313. The topological polar surface area (TPSA) is 80.0 Å². The SMILES string of the molecule is C=CCNc1ccc(NC(=O)CN)cn1. The maximum Gasteiger partial charge on any atom is 0.238 e. The van der Waals surface area contributed by atoms with E-state index in [1.165, 1.54) is 0 Å². The Morgan fingerprint density at radius 3 is 2.93 bits per heavy atom. The van der Waals surface area contributed by atoms with Gasteiger partial charge in [-0.05, 0) is 12.1 Å². The molecule has 15 heavy (non-hydrogen) atoms. The third-order valence-corrected chi connectivity index (χ3v) is 1.66. The second-order valence-electron chi connectivity index (χ2n) is 2.85. The van der Waals surface area contributed by atoms with Crippen molar-refractivity contribution >= 4 is 17.4 Å². The molecule has 0 radical (unpaired) electrons. The lowest BCUT2D eigenvalue weighted by Gasteiger charge is -2.05. The summed E-state index contributed by atoms with van der Waals surface area (Å²) in [5, 5.41) is 5.62. The third kappa shape index (κ3) is 3.78. The van der Waals surface area contributed by atoms with Gasteiger partial charge in [-0.15, -0.1) is 6.58 Å². The minimum atomic E-state index is -0.233. The molecule has 0 aliphatic rings. The first kappa shape index (κ1) is 11.2. The number of carbonyl (C=O) groups excluding carboxylic acids is 1. The van der Waals surface area contributed by atoms with Gasteiger partial charge in [-0.25, -0.2) is 4.98 Å². The highest BCUT2D eigenvalue weighted by atomic mass is 16.1. The van der Waals surface area contributed by atoms with Crippen LogP contribution in [0.1, 0.15) is 0 Å². The van der Waals surface area contributed by atoms with Crippen LogP contribution < -0.4 is 16.4 Å². The van der Waals surface area contributed by atoms with Gasteiger partial charge in [-0.3, -0.25) is 4.79 Å². The van der Waals surface area contributed by atoms with E-state index in [0.29, 0.717) is 12.2 Å². The van der Waals surface area contributed by atoms with Gasteiger partial charge in [0.05, 0.1) is 18.4 Å². The van der Waals surface area contributed by atoms with Gasteiger partial charge >= 0.3 is 0 Å². The van der Waals surface area contributed by atoms with Crippen LogP contribution >= 0.6 is 0 Å². The molecule has 5 nitrogen and oxygen atoms in total. The summed E-state index contributed by atoms with van der Waals surface area (Å²) in [5.41, 5.74) is 5.79. The van der Waals surface area contributed by atoms with Crippen molar-refractivity contribution < 1.29 is 4.79 Å². The molecule has 1 aromatic rings. The van der Waals surface area contributed by atoms with Gasteiger partial charge < -0.3 is 16.4 Å². The number of carbonyl (C=O) groups is 1. The van der Waals surface area contributed by atoms with Crippen molar-refractivity contribution in [2.24, 2.45) is 5.73 Å². The molecule has 0 saturated carbocycles. The van der Waals surface area contributed by atoms with Gasteiger partial charge in [0.25, 0.3) is 0 Å². The van der Waals surface area contributed by atoms with Crippen LogP contribution in [0.25, 0.3) is 0 Å². The first-order chi connectivity index (χ1) is 7.26. The molecule has 0 spiro atoms. The number of nitrogens with one attached hydrogen (secondary N) is 2. The van der Waals surface area contributed by atoms with Crippen LogP contribution in [0.5, 0.6) is 0 Å². The fourth-order valence-electron chi connectivity index (χ4n) is 0.961. The number of anilines is 2. The average molecular weight is 206 g/mol. The molecule has 0 atom stereocenters. The number of nitrogens with zero attached hydrogens (tertiary/aromatic N) is 1. The molecule has 0 aromatic carbocycles. The molecule has 0 aliphatic heterocycles. The highest BCUT2D eigenvalue weighted by molar-refractivity contribution is 5.91. The zero-order valence-electron chi connectivity index (χ0n) is 8.36. The average Bonchev–Trinajstić information content (AvgIpc) is 2.28. The standard InChI is InChI=1S/C10H14N4O/c1-2-5-12-9-4-3-8(7-13-9)14-10(15)6-11/h2-4,7H,1,5-6,11H2,(H,12,13)(H,14,15). The molecule has 5 heteroatoms. The predicted octanol–water partition coefficient (Wildman–Crippen LogP) is 0.577. The number of amides is 1. The largest absolute Gasteiger partial charge is 0.367 e. The molecule has 0 unspecified atom stereocenters. The van der Waals surface area contributed by atoms with E-state index in [9.17, 15) is 4.79 Å². The first-order valence-corrected chi connectivity index (χ1v) is 4.57. The van der Waals surface area contributed by atoms with Crippen molar-refractivity contribution in [3.63, 3.8) is 0 Å². The molecule has 4 N–H and O–H groups in total. The van der Waals surface area contributed by atoms with E-state index < -0.39 is 0 Å². The highest BCUT2D eigenvalue weighted by Crippen LogP contribution is 2.08. The van der Waals surface area contributed by atoms with Crippen LogP contribution in [-0.2, 0) is 4.79 Å². The Kier molecular flexibility index (Phi) is 4.30. The van der Waals surface area contributed by atoms with Crippen molar-refractivity contribution in [2.45, 2.75) is 0 Å². The molecular formula is C10H14N4O. The van der Waals surface area contributed by atoms with Crippen LogP contribution in [-0.4, -0.2) is 24.0 Å². The summed E-state index contributed by atoms with van der Waals surface area (Å²) in [7, 11) is 0. The lowest BCUT2D eigenvalue weighted by Crippen LogP contribution is -2.21. The molecule has 1 amide bonds. The number of hydrogen-bond acceptors (Lipinski definition) is 4. The van der Waals surface area contributed by atoms with Crippen LogP contribution in [0, 0.1) is 0 Å². The Labute approximate surface area is 88.4 Å². The minimum Gasteiger partial charge on any atom is -0.367 e.